The van der Waals surface area contributed by atoms with Gasteiger partial charge in [0.2, 0.25) is 0 Å². The summed E-state index contributed by atoms with van der Waals surface area (Å²) in [5.41, 5.74) is 7.83. The lowest BCUT2D eigenvalue weighted by Crippen LogP contribution is -2.32. The van der Waals surface area contributed by atoms with Crippen LogP contribution in [0.2, 0.25) is 0 Å². The Hall–Kier alpha value is -4.46. The van der Waals surface area contributed by atoms with Crippen LogP contribution in [0.5, 0.6) is 5.75 Å². The summed E-state index contributed by atoms with van der Waals surface area (Å²) in [5, 5.41) is 9.30. The largest absolute Gasteiger partial charge is 0.483 e. The van der Waals surface area contributed by atoms with Crippen LogP contribution >= 0.6 is 0 Å². The Morgan fingerprint density at radius 2 is 1.46 bits per heavy atom. The van der Waals surface area contributed by atoms with Crippen molar-refractivity contribution in [1.82, 2.24) is 5.43 Å². The highest BCUT2D eigenvalue weighted by atomic mass is 16.5. The van der Waals surface area contributed by atoms with Gasteiger partial charge in [0, 0.05) is 16.9 Å². The van der Waals surface area contributed by atoms with Gasteiger partial charge in [-0.2, -0.15) is 5.10 Å². The molecule has 0 fully saturated rings. The molecular formula is C27H28N4O4. The van der Waals surface area contributed by atoms with Gasteiger partial charge >= 0.3 is 11.8 Å². The first-order valence-corrected chi connectivity index (χ1v) is 11.0. The molecule has 3 aromatic carbocycles. The van der Waals surface area contributed by atoms with Crippen molar-refractivity contribution in [3.63, 3.8) is 0 Å². The smallest absolute Gasteiger partial charge is 0.329 e. The van der Waals surface area contributed by atoms with E-state index in [1.54, 1.807) is 24.3 Å². The summed E-state index contributed by atoms with van der Waals surface area (Å²) in [7, 11) is 0. The summed E-state index contributed by atoms with van der Waals surface area (Å²) in [4.78, 5) is 36.8. The van der Waals surface area contributed by atoms with Crippen LogP contribution in [0.3, 0.4) is 0 Å². The van der Waals surface area contributed by atoms with Crippen molar-refractivity contribution in [2.45, 2.75) is 27.7 Å². The maximum Gasteiger partial charge on any atom is 0.329 e. The van der Waals surface area contributed by atoms with Crippen molar-refractivity contribution < 1.29 is 19.1 Å². The minimum absolute atomic E-state index is 0.206. The summed E-state index contributed by atoms with van der Waals surface area (Å²) in [5.74, 6) is -1.63. The SMILES string of the molecule is Cc1cccc(NC(=O)COc2ccccc2/C=N\NC(=O)C(=O)Nc2c(C)cccc2C)c1C. The zero-order valence-corrected chi connectivity index (χ0v) is 20.1. The number of benzene rings is 3. The fraction of sp³-hybridized carbons (Fsp3) is 0.185. The van der Waals surface area contributed by atoms with Gasteiger partial charge in [-0.25, -0.2) is 5.43 Å². The molecule has 3 N–H and O–H groups in total. The Balaban J connectivity index is 1.57. The third-order valence-corrected chi connectivity index (χ3v) is 5.45. The standard InChI is InChI=1S/C27H28N4O4/c1-17-9-8-13-22(20(17)4)29-24(32)16-35-23-14-6-5-12-21(23)15-28-31-27(34)26(33)30-25-18(2)10-7-11-19(25)3/h5-15H,16H2,1-4H3,(H,29,32)(H,30,33)(H,31,34)/b28-15-. The predicted octanol–water partition coefficient (Wildman–Crippen LogP) is 4.03. The fourth-order valence-corrected chi connectivity index (χ4v) is 3.33. The number of carbonyl (C=O) groups excluding carboxylic acids is 3. The molecule has 0 atom stereocenters. The molecule has 3 aromatic rings. The number of hydrogen-bond donors (Lipinski definition) is 3. The molecule has 0 aliphatic rings. The van der Waals surface area contributed by atoms with E-state index in [1.165, 1.54) is 6.21 Å². The van der Waals surface area contributed by atoms with Crippen molar-refractivity contribution in [3.05, 3.63) is 88.5 Å². The van der Waals surface area contributed by atoms with E-state index < -0.39 is 11.8 Å². The van der Waals surface area contributed by atoms with E-state index in [0.717, 1.165) is 27.9 Å². The maximum absolute atomic E-state index is 12.4. The molecule has 3 amide bonds. The molecule has 0 saturated heterocycles. The monoisotopic (exact) mass is 472 g/mol. The number of nitrogens with zero attached hydrogens (tertiary/aromatic N) is 1. The molecule has 0 aliphatic heterocycles. The molecule has 0 heterocycles. The first-order chi connectivity index (χ1) is 16.8. The molecule has 0 unspecified atom stereocenters. The van der Waals surface area contributed by atoms with Crippen molar-refractivity contribution >= 4 is 35.3 Å². The first-order valence-electron chi connectivity index (χ1n) is 11.0. The second-order valence-corrected chi connectivity index (χ2v) is 8.04. The number of nitrogens with one attached hydrogen (secondary N) is 3. The minimum Gasteiger partial charge on any atom is -0.483 e. The molecule has 180 valence electrons. The van der Waals surface area contributed by atoms with Gasteiger partial charge in [-0.1, -0.05) is 42.5 Å². The number of amides is 3. The quantitative estimate of drug-likeness (QED) is 0.274. The normalized spacial score (nSPS) is 10.6. The van der Waals surface area contributed by atoms with E-state index in [2.05, 4.69) is 21.2 Å². The Labute approximate surface area is 204 Å². The van der Waals surface area contributed by atoms with Crippen LogP contribution in [-0.2, 0) is 14.4 Å². The van der Waals surface area contributed by atoms with Crippen molar-refractivity contribution in [1.29, 1.82) is 0 Å². The average Bonchev–Trinajstić information content (AvgIpc) is 2.83. The Morgan fingerprint density at radius 3 is 2.20 bits per heavy atom. The second kappa shape index (κ2) is 11.6. The summed E-state index contributed by atoms with van der Waals surface area (Å²) in [6, 6.07) is 18.2. The summed E-state index contributed by atoms with van der Waals surface area (Å²) >= 11 is 0. The van der Waals surface area contributed by atoms with E-state index in [0.29, 0.717) is 17.0 Å². The van der Waals surface area contributed by atoms with Gasteiger partial charge in [-0.3, -0.25) is 14.4 Å². The van der Waals surface area contributed by atoms with Crippen LogP contribution in [0.25, 0.3) is 0 Å². The van der Waals surface area contributed by atoms with Gasteiger partial charge in [-0.15, -0.1) is 0 Å². The van der Waals surface area contributed by atoms with E-state index >= 15 is 0 Å². The maximum atomic E-state index is 12.4. The first kappa shape index (κ1) is 25.2. The zero-order chi connectivity index (χ0) is 25.4. The highest BCUT2D eigenvalue weighted by molar-refractivity contribution is 6.39. The van der Waals surface area contributed by atoms with E-state index in [1.807, 2.05) is 64.1 Å². The number of anilines is 2. The molecule has 0 radical (unpaired) electrons. The number of hydrogen-bond acceptors (Lipinski definition) is 5. The van der Waals surface area contributed by atoms with E-state index in [9.17, 15) is 14.4 Å². The summed E-state index contributed by atoms with van der Waals surface area (Å²) < 4.78 is 5.66. The molecule has 8 nitrogen and oxygen atoms in total. The topological polar surface area (TPSA) is 109 Å². The number of hydrazone groups is 1. The highest BCUT2D eigenvalue weighted by Gasteiger charge is 2.15. The molecular weight excluding hydrogens is 444 g/mol. The number of aryl methyl sites for hydroxylation is 3. The Bertz CT molecular complexity index is 1260. The van der Waals surface area contributed by atoms with Crippen LogP contribution in [-0.4, -0.2) is 30.5 Å². The number of carbonyl (C=O) groups is 3. The van der Waals surface area contributed by atoms with Crippen molar-refractivity contribution in [2.24, 2.45) is 5.10 Å². The Kier molecular flexibility index (Phi) is 8.34. The fourth-order valence-electron chi connectivity index (χ4n) is 3.33. The van der Waals surface area contributed by atoms with Gasteiger partial charge in [0.1, 0.15) is 5.75 Å². The lowest BCUT2D eigenvalue weighted by atomic mass is 10.1. The van der Waals surface area contributed by atoms with Crippen LogP contribution in [0.1, 0.15) is 27.8 Å². The molecule has 0 aliphatic carbocycles. The third-order valence-electron chi connectivity index (χ3n) is 5.45. The molecule has 0 bridgehead atoms. The van der Waals surface area contributed by atoms with Crippen LogP contribution in [0.4, 0.5) is 11.4 Å². The van der Waals surface area contributed by atoms with E-state index in [4.69, 9.17) is 4.74 Å². The van der Waals surface area contributed by atoms with Gasteiger partial charge in [-0.05, 0) is 68.1 Å². The Morgan fingerprint density at radius 1 is 0.800 bits per heavy atom. The van der Waals surface area contributed by atoms with Crippen LogP contribution in [0, 0.1) is 27.7 Å². The lowest BCUT2D eigenvalue weighted by Gasteiger charge is -2.12. The van der Waals surface area contributed by atoms with Crippen LogP contribution in [0.15, 0.2) is 65.8 Å². The van der Waals surface area contributed by atoms with Gasteiger partial charge < -0.3 is 15.4 Å². The predicted molar refractivity (Wildman–Crippen MR) is 137 cm³/mol. The highest BCUT2D eigenvalue weighted by Crippen LogP contribution is 2.20. The molecule has 0 spiro atoms. The van der Waals surface area contributed by atoms with Crippen molar-refractivity contribution in [3.8, 4) is 5.75 Å². The number of rotatable bonds is 7. The van der Waals surface area contributed by atoms with Gasteiger partial charge in [0.15, 0.2) is 6.61 Å². The van der Waals surface area contributed by atoms with Crippen LogP contribution < -0.4 is 20.8 Å². The average molecular weight is 473 g/mol. The number of para-hydroxylation sites is 2. The molecule has 0 saturated carbocycles. The zero-order valence-electron chi connectivity index (χ0n) is 20.1. The number of ether oxygens (including phenoxy) is 1. The minimum atomic E-state index is -0.907. The van der Waals surface area contributed by atoms with Crippen molar-refractivity contribution in [2.75, 3.05) is 17.2 Å². The summed E-state index contributed by atoms with van der Waals surface area (Å²) in [6.07, 6.45) is 1.35. The second-order valence-electron chi connectivity index (χ2n) is 8.04. The summed E-state index contributed by atoms with van der Waals surface area (Å²) in [6.45, 7) is 7.40. The molecule has 3 rings (SSSR count). The molecule has 0 aromatic heterocycles. The molecule has 35 heavy (non-hydrogen) atoms. The third kappa shape index (κ3) is 6.77. The molecule has 8 heteroatoms. The lowest BCUT2D eigenvalue weighted by molar-refractivity contribution is -0.136. The van der Waals surface area contributed by atoms with E-state index in [-0.39, 0.29) is 12.5 Å². The van der Waals surface area contributed by atoms with Gasteiger partial charge in [0.25, 0.3) is 5.91 Å². The van der Waals surface area contributed by atoms with Gasteiger partial charge in [0.05, 0.1) is 6.21 Å².